The van der Waals surface area contributed by atoms with Crippen LogP contribution in [0.1, 0.15) is 44.7 Å². The summed E-state index contributed by atoms with van der Waals surface area (Å²) >= 11 is 0. The number of rotatable bonds is 4. The van der Waals surface area contributed by atoms with E-state index in [4.69, 9.17) is 5.73 Å². The van der Waals surface area contributed by atoms with Gasteiger partial charge in [0.25, 0.3) is 0 Å². The molecule has 0 saturated carbocycles. The van der Waals surface area contributed by atoms with Crippen LogP contribution in [-0.2, 0) is 9.59 Å². The van der Waals surface area contributed by atoms with Gasteiger partial charge in [-0.1, -0.05) is 12.1 Å². The normalized spacial score (nSPS) is 18.1. The topological polar surface area (TPSA) is 66.6 Å². The van der Waals surface area contributed by atoms with Crippen LogP contribution in [0.5, 0.6) is 0 Å². The lowest BCUT2D eigenvalue weighted by Gasteiger charge is -2.35. The molecule has 1 aliphatic heterocycles. The van der Waals surface area contributed by atoms with Crippen molar-refractivity contribution in [2.75, 3.05) is 24.5 Å². The number of hydrogen-bond acceptors (Lipinski definition) is 3. The van der Waals surface area contributed by atoms with Crippen LogP contribution in [0.4, 0.5) is 5.69 Å². The highest BCUT2D eigenvalue weighted by molar-refractivity contribution is 6.34. The lowest BCUT2D eigenvalue weighted by molar-refractivity contribution is -0.146. The van der Waals surface area contributed by atoms with Crippen molar-refractivity contribution < 1.29 is 9.59 Å². The van der Waals surface area contributed by atoms with E-state index in [2.05, 4.69) is 30.9 Å². The first-order valence-corrected chi connectivity index (χ1v) is 8.03. The highest BCUT2D eigenvalue weighted by atomic mass is 16.2. The number of carbonyl (C=O) groups excluding carboxylic acids is 2. The van der Waals surface area contributed by atoms with Gasteiger partial charge in [-0.25, -0.2) is 0 Å². The minimum atomic E-state index is -0.869. The molecule has 5 heteroatoms. The van der Waals surface area contributed by atoms with Gasteiger partial charge in [0.1, 0.15) is 0 Å². The molecule has 0 aliphatic carbocycles. The van der Waals surface area contributed by atoms with Gasteiger partial charge in [-0.3, -0.25) is 9.59 Å². The maximum Gasteiger partial charge on any atom is 0.312 e. The summed E-state index contributed by atoms with van der Waals surface area (Å²) in [7, 11) is 0. The van der Waals surface area contributed by atoms with Crippen molar-refractivity contribution >= 4 is 17.5 Å². The Labute approximate surface area is 132 Å². The number of piperidine rings is 1. The Hall–Kier alpha value is -2.04. The lowest BCUT2D eigenvalue weighted by Crippen LogP contribution is -2.44. The number of benzene rings is 1. The Morgan fingerprint density at radius 3 is 2.64 bits per heavy atom. The van der Waals surface area contributed by atoms with Gasteiger partial charge >= 0.3 is 11.8 Å². The fourth-order valence-electron chi connectivity index (χ4n) is 3.18. The molecule has 0 aromatic heterocycles. The summed E-state index contributed by atoms with van der Waals surface area (Å²) in [5, 5.41) is 0. The van der Waals surface area contributed by atoms with E-state index in [1.807, 2.05) is 12.1 Å². The molecule has 1 saturated heterocycles. The van der Waals surface area contributed by atoms with Gasteiger partial charge in [0.2, 0.25) is 0 Å². The molecule has 0 radical (unpaired) electrons. The zero-order valence-corrected chi connectivity index (χ0v) is 13.4. The number of nitrogens with zero attached hydrogens (tertiary/aromatic N) is 2. The van der Waals surface area contributed by atoms with Crippen LogP contribution in [0, 0.1) is 0 Å². The van der Waals surface area contributed by atoms with Gasteiger partial charge in [-0.2, -0.15) is 0 Å². The number of anilines is 1. The molecule has 1 unspecified atom stereocenters. The summed E-state index contributed by atoms with van der Waals surface area (Å²) in [6, 6.07) is 8.21. The summed E-state index contributed by atoms with van der Waals surface area (Å²) < 4.78 is 0. The van der Waals surface area contributed by atoms with E-state index in [-0.39, 0.29) is 6.04 Å². The summed E-state index contributed by atoms with van der Waals surface area (Å²) in [5.74, 6) is -1.44. The Morgan fingerprint density at radius 2 is 2.00 bits per heavy atom. The molecule has 1 aliphatic rings. The molecule has 1 fully saturated rings. The monoisotopic (exact) mass is 303 g/mol. The highest BCUT2D eigenvalue weighted by Crippen LogP contribution is 2.32. The van der Waals surface area contributed by atoms with Crippen molar-refractivity contribution in [3.63, 3.8) is 0 Å². The molecule has 2 rings (SSSR count). The van der Waals surface area contributed by atoms with Gasteiger partial charge in [0.05, 0.1) is 6.04 Å². The van der Waals surface area contributed by atoms with Crippen LogP contribution < -0.4 is 10.6 Å². The minimum absolute atomic E-state index is 0.0516. The smallest absolute Gasteiger partial charge is 0.312 e. The molecular formula is C17H25N3O2. The lowest BCUT2D eigenvalue weighted by atomic mass is 9.94. The largest absolute Gasteiger partial charge is 0.372 e. The summed E-state index contributed by atoms with van der Waals surface area (Å²) in [4.78, 5) is 27.2. The molecule has 22 heavy (non-hydrogen) atoms. The predicted molar refractivity (Wildman–Crippen MR) is 87.5 cm³/mol. The van der Waals surface area contributed by atoms with Gasteiger partial charge < -0.3 is 15.5 Å². The SMILES string of the molecule is CCN(CC)c1cccc(C2CCCCN2C(=O)C(N)=O)c1. The van der Waals surface area contributed by atoms with Crippen molar-refractivity contribution in [1.82, 2.24) is 4.90 Å². The second-order valence-corrected chi connectivity index (χ2v) is 5.64. The maximum absolute atomic E-state index is 12.1. The van der Waals surface area contributed by atoms with Crippen LogP contribution in [0.2, 0.25) is 0 Å². The van der Waals surface area contributed by atoms with E-state index in [1.165, 1.54) is 0 Å². The zero-order valence-electron chi connectivity index (χ0n) is 13.4. The number of likely N-dealkylation sites (tertiary alicyclic amines) is 1. The average molecular weight is 303 g/mol. The zero-order chi connectivity index (χ0) is 16.1. The molecular weight excluding hydrogens is 278 g/mol. The first-order chi connectivity index (χ1) is 10.6. The molecule has 1 aromatic rings. The molecule has 1 heterocycles. The Balaban J connectivity index is 2.29. The van der Waals surface area contributed by atoms with E-state index >= 15 is 0 Å². The Morgan fingerprint density at radius 1 is 1.27 bits per heavy atom. The summed E-state index contributed by atoms with van der Waals surface area (Å²) in [5.41, 5.74) is 7.42. The summed E-state index contributed by atoms with van der Waals surface area (Å²) in [6.45, 7) is 6.73. The summed E-state index contributed by atoms with van der Waals surface area (Å²) in [6.07, 6.45) is 2.86. The van der Waals surface area contributed by atoms with Gasteiger partial charge in [0.15, 0.2) is 0 Å². The quantitative estimate of drug-likeness (QED) is 0.866. The maximum atomic E-state index is 12.1. The Bertz CT molecular complexity index is 540. The number of carbonyl (C=O) groups is 2. The second kappa shape index (κ2) is 7.29. The van der Waals surface area contributed by atoms with Crippen molar-refractivity contribution in [3.8, 4) is 0 Å². The molecule has 0 spiro atoms. The molecule has 5 nitrogen and oxygen atoms in total. The predicted octanol–water partition coefficient (Wildman–Crippen LogP) is 2.07. The van der Waals surface area contributed by atoms with Gasteiger partial charge in [-0.05, 0) is 50.8 Å². The standard InChI is InChI=1S/C17H25N3O2/c1-3-19(4-2)14-9-7-8-13(12-14)15-10-5-6-11-20(15)17(22)16(18)21/h7-9,12,15H,3-6,10-11H2,1-2H3,(H2,18,21). The number of nitrogens with two attached hydrogens (primary N) is 1. The molecule has 1 atom stereocenters. The second-order valence-electron chi connectivity index (χ2n) is 5.64. The third-order valence-electron chi connectivity index (χ3n) is 4.36. The van der Waals surface area contributed by atoms with Crippen LogP contribution in [-0.4, -0.2) is 36.3 Å². The number of primary amides is 1. The number of amides is 2. The van der Waals surface area contributed by atoms with Crippen LogP contribution >= 0.6 is 0 Å². The minimum Gasteiger partial charge on any atom is -0.372 e. The van der Waals surface area contributed by atoms with Crippen molar-refractivity contribution in [3.05, 3.63) is 29.8 Å². The third kappa shape index (κ3) is 3.40. The van der Waals surface area contributed by atoms with E-state index < -0.39 is 11.8 Å². The van der Waals surface area contributed by atoms with Gasteiger partial charge in [-0.15, -0.1) is 0 Å². The molecule has 0 bridgehead atoms. The molecule has 1 aromatic carbocycles. The molecule has 120 valence electrons. The fourth-order valence-corrected chi connectivity index (χ4v) is 3.18. The first-order valence-electron chi connectivity index (χ1n) is 8.03. The van der Waals surface area contributed by atoms with Crippen LogP contribution in [0.25, 0.3) is 0 Å². The van der Waals surface area contributed by atoms with Crippen LogP contribution in [0.3, 0.4) is 0 Å². The van der Waals surface area contributed by atoms with E-state index in [0.29, 0.717) is 6.54 Å². The average Bonchev–Trinajstić information content (AvgIpc) is 2.55. The highest BCUT2D eigenvalue weighted by Gasteiger charge is 2.30. The van der Waals surface area contributed by atoms with Crippen molar-refractivity contribution in [2.45, 2.75) is 39.2 Å². The van der Waals surface area contributed by atoms with E-state index in [0.717, 1.165) is 43.6 Å². The van der Waals surface area contributed by atoms with Crippen molar-refractivity contribution in [2.24, 2.45) is 5.73 Å². The Kier molecular flexibility index (Phi) is 5.41. The van der Waals surface area contributed by atoms with E-state index in [9.17, 15) is 9.59 Å². The first kappa shape index (κ1) is 16.3. The van der Waals surface area contributed by atoms with Crippen LogP contribution in [0.15, 0.2) is 24.3 Å². The molecule has 2 amide bonds. The molecule has 2 N–H and O–H groups in total. The fraction of sp³-hybridized carbons (Fsp3) is 0.529. The third-order valence-corrected chi connectivity index (χ3v) is 4.36. The van der Waals surface area contributed by atoms with Gasteiger partial charge in [0, 0.05) is 25.3 Å². The van der Waals surface area contributed by atoms with Crippen molar-refractivity contribution in [1.29, 1.82) is 0 Å². The number of hydrogen-bond donors (Lipinski definition) is 1. The van der Waals surface area contributed by atoms with E-state index in [1.54, 1.807) is 4.90 Å².